The normalized spacial score (nSPS) is 27.3. The van der Waals surface area contributed by atoms with E-state index in [1.807, 2.05) is 30.7 Å². The van der Waals surface area contributed by atoms with Gasteiger partial charge in [-0.1, -0.05) is 29.8 Å². The van der Waals surface area contributed by atoms with E-state index in [0.29, 0.717) is 12.8 Å². The molecule has 2 aliphatic rings. The van der Waals surface area contributed by atoms with Gasteiger partial charge in [0.2, 0.25) is 0 Å². The number of ether oxygens (including phenoxy) is 1. The van der Waals surface area contributed by atoms with Crippen molar-refractivity contribution < 1.29 is 14.3 Å². The minimum Gasteiger partial charge on any atom is -0.469 e. The highest BCUT2D eigenvalue weighted by atomic mass is 16.5. The minimum atomic E-state index is -0.323. The van der Waals surface area contributed by atoms with Crippen LogP contribution in [-0.2, 0) is 23.0 Å². The predicted molar refractivity (Wildman–Crippen MR) is 105 cm³/mol. The molecule has 0 N–H and O–H groups in total. The second kappa shape index (κ2) is 6.64. The van der Waals surface area contributed by atoms with Crippen molar-refractivity contribution in [2.24, 2.45) is 18.9 Å². The van der Waals surface area contributed by atoms with Gasteiger partial charge in [0, 0.05) is 42.9 Å². The summed E-state index contributed by atoms with van der Waals surface area (Å²) >= 11 is 0. The first kappa shape index (κ1) is 18.0. The summed E-state index contributed by atoms with van der Waals surface area (Å²) in [7, 11) is 5.47. The summed E-state index contributed by atoms with van der Waals surface area (Å²) in [5.41, 5.74) is 4.07. The molecule has 1 aromatic heterocycles. The van der Waals surface area contributed by atoms with E-state index in [9.17, 15) is 9.59 Å². The molecule has 1 saturated heterocycles. The Morgan fingerprint density at radius 2 is 1.96 bits per heavy atom. The summed E-state index contributed by atoms with van der Waals surface area (Å²) in [6.45, 7) is 2.77. The number of aryl methyl sites for hydroxylation is 1. The van der Waals surface area contributed by atoms with Gasteiger partial charge in [-0.15, -0.1) is 0 Å². The van der Waals surface area contributed by atoms with Gasteiger partial charge in [-0.3, -0.25) is 14.5 Å². The van der Waals surface area contributed by atoms with E-state index in [2.05, 4.69) is 30.2 Å². The Morgan fingerprint density at radius 1 is 1.22 bits per heavy atom. The van der Waals surface area contributed by atoms with Gasteiger partial charge in [0.1, 0.15) is 0 Å². The van der Waals surface area contributed by atoms with Crippen LogP contribution in [0.4, 0.5) is 0 Å². The molecule has 5 heteroatoms. The monoisotopic (exact) mass is 366 g/mol. The third-order valence-electron chi connectivity index (χ3n) is 6.46. The van der Waals surface area contributed by atoms with Crippen LogP contribution in [0.5, 0.6) is 0 Å². The average Bonchev–Trinajstić information content (AvgIpc) is 2.94. The van der Waals surface area contributed by atoms with Crippen LogP contribution < -0.4 is 0 Å². The highest BCUT2D eigenvalue weighted by Gasteiger charge is 2.47. The lowest BCUT2D eigenvalue weighted by atomic mass is 9.70. The van der Waals surface area contributed by atoms with Crippen molar-refractivity contribution in [1.82, 2.24) is 9.47 Å². The molecule has 27 heavy (non-hydrogen) atoms. The first-order valence-corrected chi connectivity index (χ1v) is 9.50. The topological polar surface area (TPSA) is 51.5 Å². The Kier molecular flexibility index (Phi) is 4.42. The van der Waals surface area contributed by atoms with Crippen molar-refractivity contribution in [2.75, 3.05) is 20.7 Å². The number of para-hydroxylation sites is 1. The lowest BCUT2D eigenvalue weighted by molar-refractivity contribution is -0.150. The van der Waals surface area contributed by atoms with Crippen LogP contribution in [0.25, 0.3) is 10.9 Å². The summed E-state index contributed by atoms with van der Waals surface area (Å²) in [5.74, 6) is -0.518. The number of rotatable bonds is 1. The molecule has 2 aromatic rings. The number of esters is 1. The summed E-state index contributed by atoms with van der Waals surface area (Å²) in [6, 6.07) is 8.16. The van der Waals surface area contributed by atoms with Gasteiger partial charge in [-0.25, -0.2) is 0 Å². The molecule has 0 saturated carbocycles. The van der Waals surface area contributed by atoms with Crippen molar-refractivity contribution in [2.45, 2.75) is 25.8 Å². The van der Waals surface area contributed by atoms with Gasteiger partial charge in [0.05, 0.1) is 18.7 Å². The van der Waals surface area contributed by atoms with E-state index in [1.54, 1.807) is 0 Å². The standard InChI is InChI=1S/C22H26N2O3/c1-5-13-12-23(2)18-10-16-14-8-6-7-9-17(14)24(3)21(16)19(25)11-15(13)20(18)22(26)27-4/h5-9,15,18,20H,10-12H2,1-4H3/t15-,18-,20-/m0/s1. The summed E-state index contributed by atoms with van der Waals surface area (Å²) in [5, 5.41) is 1.11. The van der Waals surface area contributed by atoms with E-state index in [4.69, 9.17) is 4.74 Å². The van der Waals surface area contributed by atoms with Gasteiger partial charge in [0.15, 0.2) is 5.78 Å². The summed E-state index contributed by atoms with van der Waals surface area (Å²) in [6.07, 6.45) is 3.08. The van der Waals surface area contributed by atoms with Gasteiger partial charge in [0.25, 0.3) is 0 Å². The number of benzene rings is 1. The van der Waals surface area contributed by atoms with E-state index in [-0.39, 0.29) is 29.6 Å². The van der Waals surface area contributed by atoms with Crippen LogP contribution in [0, 0.1) is 11.8 Å². The summed E-state index contributed by atoms with van der Waals surface area (Å²) in [4.78, 5) is 28.3. The number of likely N-dealkylation sites (N-methyl/N-ethyl adjacent to an activating group) is 1. The van der Waals surface area contributed by atoms with Crippen molar-refractivity contribution in [3.63, 3.8) is 0 Å². The third kappa shape index (κ3) is 2.64. The first-order valence-electron chi connectivity index (χ1n) is 9.50. The quantitative estimate of drug-likeness (QED) is 0.575. The maximum atomic E-state index is 13.3. The molecule has 5 nitrogen and oxygen atoms in total. The molecule has 4 rings (SSSR count). The lowest BCUT2D eigenvalue weighted by Gasteiger charge is -2.45. The molecule has 0 radical (unpaired) electrons. The summed E-state index contributed by atoms with van der Waals surface area (Å²) < 4.78 is 7.19. The molecule has 2 bridgehead atoms. The van der Waals surface area contributed by atoms with Gasteiger partial charge < -0.3 is 9.30 Å². The molecule has 1 aliphatic heterocycles. The predicted octanol–water partition coefficient (Wildman–Crippen LogP) is 2.97. The average molecular weight is 366 g/mol. The fourth-order valence-corrected chi connectivity index (χ4v) is 5.14. The number of carbonyl (C=O) groups is 2. The molecule has 0 amide bonds. The number of nitrogens with zero attached hydrogens (tertiary/aromatic N) is 2. The maximum absolute atomic E-state index is 13.3. The molecule has 1 aromatic carbocycles. The number of hydrogen-bond acceptors (Lipinski definition) is 4. The lowest BCUT2D eigenvalue weighted by Crippen LogP contribution is -2.54. The van der Waals surface area contributed by atoms with Gasteiger partial charge in [-0.2, -0.15) is 0 Å². The molecule has 0 spiro atoms. The smallest absolute Gasteiger partial charge is 0.310 e. The number of piperidine rings is 1. The van der Waals surface area contributed by atoms with E-state index in [1.165, 1.54) is 7.11 Å². The molecular weight excluding hydrogens is 340 g/mol. The molecular formula is C22H26N2O3. The van der Waals surface area contributed by atoms with Crippen LogP contribution in [-0.4, -0.2) is 48.0 Å². The fourth-order valence-electron chi connectivity index (χ4n) is 5.14. The zero-order valence-corrected chi connectivity index (χ0v) is 16.4. The number of likely N-dealkylation sites (tertiary alicyclic amines) is 1. The second-order valence-electron chi connectivity index (χ2n) is 7.74. The van der Waals surface area contributed by atoms with E-state index < -0.39 is 0 Å². The Balaban J connectivity index is 1.95. The van der Waals surface area contributed by atoms with Crippen LogP contribution >= 0.6 is 0 Å². The molecule has 1 aliphatic carbocycles. The number of Topliss-reactive ketones (excluding diaryl/α,β-unsaturated/α-hetero) is 1. The van der Waals surface area contributed by atoms with Crippen molar-refractivity contribution in [3.8, 4) is 0 Å². The van der Waals surface area contributed by atoms with Crippen LogP contribution in [0.15, 0.2) is 35.9 Å². The molecule has 1 fully saturated rings. The number of ketones is 1. The number of hydrogen-bond donors (Lipinski definition) is 0. The Bertz CT molecular complexity index is 956. The maximum Gasteiger partial charge on any atom is 0.310 e. The van der Waals surface area contributed by atoms with Crippen molar-refractivity contribution in [3.05, 3.63) is 47.2 Å². The van der Waals surface area contributed by atoms with Crippen molar-refractivity contribution in [1.29, 1.82) is 0 Å². The van der Waals surface area contributed by atoms with Crippen LogP contribution in [0.1, 0.15) is 29.4 Å². The third-order valence-corrected chi connectivity index (χ3v) is 6.46. The highest BCUT2D eigenvalue weighted by Crippen LogP contribution is 2.42. The Labute approximate surface area is 159 Å². The zero-order chi connectivity index (χ0) is 19.3. The zero-order valence-electron chi connectivity index (χ0n) is 16.4. The fraction of sp³-hybridized carbons (Fsp3) is 0.455. The number of fused-ring (bicyclic) bond motifs is 5. The number of aromatic nitrogens is 1. The largest absolute Gasteiger partial charge is 0.469 e. The molecule has 0 unspecified atom stereocenters. The molecule has 2 heterocycles. The van der Waals surface area contributed by atoms with Crippen LogP contribution in [0.3, 0.4) is 0 Å². The minimum absolute atomic E-state index is 0.0174. The molecule has 3 atom stereocenters. The first-order chi connectivity index (χ1) is 13.0. The van der Waals surface area contributed by atoms with E-state index >= 15 is 0 Å². The number of methoxy groups -OCH3 is 1. The van der Waals surface area contributed by atoms with Crippen molar-refractivity contribution >= 4 is 22.7 Å². The second-order valence-corrected chi connectivity index (χ2v) is 7.74. The number of allylic oxidation sites excluding steroid dienone is 1. The Morgan fingerprint density at radius 3 is 2.67 bits per heavy atom. The highest BCUT2D eigenvalue weighted by molar-refractivity contribution is 6.03. The van der Waals surface area contributed by atoms with Gasteiger partial charge >= 0.3 is 5.97 Å². The van der Waals surface area contributed by atoms with Crippen LogP contribution in [0.2, 0.25) is 0 Å². The van der Waals surface area contributed by atoms with E-state index in [0.717, 1.165) is 34.3 Å². The van der Waals surface area contributed by atoms with Gasteiger partial charge in [-0.05, 0) is 32.0 Å². The Hall–Kier alpha value is -2.40. The molecule has 142 valence electrons. The SMILES string of the molecule is CC=C1CN(C)[C@H]2Cc3c(n(C)c4ccccc34)C(=O)C[C@@H]1[C@@H]2C(=O)OC. The number of carbonyl (C=O) groups excluding carboxylic acids is 2.